The highest BCUT2D eigenvalue weighted by molar-refractivity contribution is 5.45. The van der Waals surface area contributed by atoms with Crippen molar-refractivity contribution in [1.29, 1.82) is 0 Å². The molecule has 0 saturated heterocycles. The van der Waals surface area contributed by atoms with Gasteiger partial charge < -0.3 is 0 Å². The Morgan fingerprint density at radius 1 is 1.14 bits per heavy atom. The van der Waals surface area contributed by atoms with E-state index >= 15 is 0 Å². The summed E-state index contributed by atoms with van der Waals surface area (Å²) in [6, 6.07) is 12.8. The van der Waals surface area contributed by atoms with Crippen LogP contribution in [0.5, 0.6) is 0 Å². The van der Waals surface area contributed by atoms with E-state index in [1.165, 1.54) is 17.7 Å². The molecule has 0 aromatic heterocycles. The maximum atomic E-state index is 13.5. The minimum absolute atomic E-state index is 0.00989. The smallest absolute Gasteiger partial charge is 0.166 e. The summed E-state index contributed by atoms with van der Waals surface area (Å²) in [5.74, 6) is 2.40. The number of aryl methyl sites for hydroxylation is 1. The SMILES string of the molecule is C#Cc1ccc(C(Cc2cccc(CCC(=C)C)c2)C(C)CC)cc1C(F)(F)F. The van der Waals surface area contributed by atoms with Crippen molar-refractivity contribution >= 4 is 0 Å². The second-order valence-corrected chi connectivity index (χ2v) is 7.92. The molecular formula is C26H29F3. The van der Waals surface area contributed by atoms with Gasteiger partial charge in [0.15, 0.2) is 0 Å². The Balaban J connectivity index is 2.38. The zero-order valence-corrected chi connectivity index (χ0v) is 17.4. The Kier molecular flexibility index (Phi) is 7.73. The van der Waals surface area contributed by atoms with Crippen molar-refractivity contribution in [2.75, 3.05) is 0 Å². The van der Waals surface area contributed by atoms with E-state index in [2.05, 4.69) is 44.5 Å². The summed E-state index contributed by atoms with van der Waals surface area (Å²) in [6.45, 7) is 10.1. The lowest BCUT2D eigenvalue weighted by atomic mass is 9.80. The fraction of sp³-hybridized carbons (Fsp3) is 0.385. The molecule has 0 aliphatic carbocycles. The molecule has 2 unspecified atom stereocenters. The van der Waals surface area contributed by atoms with Gasteiger partial charge in [0.1, 0.15) is 0 Å². The first-order valence-corrected chi connectivity index (χ1v) is 10.1. The highest BCUT2D eigenvalue weighted by Gasteiger charge is 2.34. The number of benzene rings is 2. The van der Waals surface area contributed by atoms with E-state index in [4.69, 9.17) is 6.42 Å². The summed E-state index contributed by atoms with van der Waals surface area (Å²) in [4.78, 5) is 0. The molecule has 2 aromatic rings. The molecule has 0 saturated carbocycles. The minimum atomic E-state index is -4.46. The Bertz CT molecular complexity index is 884. The summed E-state index contributed by atoms with van der Waals surface area (Å²) < 4.78 is 40.5. The van der Waals surface area contributed by atoms with Crippen molar-refractivity contribution in [2.24, 2.45) is 5.92 Å². The van der Waals surface area contributed by atoms with Gasteiger partial charge in [-0.05, 0) is 66.8 Å². The van der Waals surface area contributed by atoms with Gasteiger partial charge in [0, 0.05) is 5.56 Å². The van der Waals surface area contributed by atoms with Gasteiger partial charge in [0.25, 0.3) is 0 Å². The van der Waals surface area contributed by atoms with Crippen LogP contribution in [0.25, 0.3) is 0 Å². The summed E-state index contributed by atoms with van der Waals surface area (Å²) in [5.41, 5.74) is 3.38. The summed E-state index contributed by atoms with van der Waals surface area (Å²) in [5, 5.41) is 0. The number of allylic oxidation sites excluding steroid dienone is 1. The van der Waals surface area contributed by atoms with Gasteiger partial charge >= 0.3 is 6.18 Å². The van der Waals surface area contributed by atoms with Crippen molar-refractivity contribution in [1.82, 2.24) is 0 Å². The molecule has 2 rings (SSSR count). The van der Waals surface area contributed by atoms with Crippen LogP contribution in [0.15, 0.2) is 54.6 Å². The first-order chi connectivity index (χ1) is 13.7. The topological polar surface area (TPSA) is 0 Å². The van der Waals surface area contributed by atoms with Crippen molar-refractivity contribution < 1.29 is 13.2 Å². The third-order valence-electron chi connectivity index (χ3n) is 5.55. The molecule has 29 heavy (non-hydrogen) atoms. The molecule has 2 atom stereocenters. The zero-order chi connectivity index (χ0) is 21.6. The monoisotopic (exact) mass is 398 g/mol. The predicted molar refractivity (Wildman–Crippen MR) is 115 cm³/mol. The second kappa shape index (κ2) is 9.83. The van der Waals surface area contributed by atoms with Gasteiger partial charge in [-0.2, -0.15) is 13.2 Å². The van der Waals surface area contributed by atoms with Gasteiger partial charge in [0.2, 0.25) is 0 Å². The minimum Gasteiger partial charge on any atom is -0.166 e. The molecule has 0 radical (unpaired) electrons. The summed E-state index contributed by atoms with van der Waals surface area (Å²) in [7, 11) is 0. The van der Waals surface area contributed by atoms with Crippen LogP contribution in [0.2, 0.25) is 0 Å². The first-order valence-electron chi connectivity index (χ1n) is 10.1. The number of terminal acetylenes is 1. The third-order valence-corrected chi connectivity index (χ3v) is 5.55. The van der Waals surface area contributed by atoms with Gasteiger partial charge in [-0.1, -0.05) is 62.1 Å². The van der Waals surface area contributed by atoms with E-state index < -0.39 is 11.7 Å². The number of hydrogen-bond acceptors (Lipinski definition) is 0. The van der Waals surface area contributed by atoms with Gasteiger partial charge in [-0.15, -0.1) is 13.0 Å². The zero-order valence-electron chi connectivity index (χ0n) is 17.4. The van der Waals surface area contributed by atoms with Crippen LogP contribution < -0.4 is 0 Å². The molecule has 0 amide bonds. The van der Waals surface area contributed by atoms with Crippen molar-refractivity contribution in [3.63, 3.8) is 0 Å². The Morgan fingerprint density at radius 2 is 1.83 bits per heavy atom. The molecule has 2 aromatic carbocycles. The van der Waals surface area contributed by atoms with E-state index in [1.54, 1.807) is 6.07 Å². The van der Waals surface area contributed by atoms with Crippen LogP contribution >= 0.6 is 0 Å². The van der Waals surface area contributed by atoms with Gasteiger partial charge in [-0.3, -0.25) is 0 Å². The van der Waals surface area contributed by atoms with E-state index in [0.29, 0.717) is 12.0 Å². The standard InChI is InChI=1S/C26H29F3/c1-6-19(5)24(16-21-10-8-9-20(15-21)12-11-18(3)4)23-14-13-22(7-2)25(17-23)26(27,28)29/h2,8-10,13-15,17,19,24H,3,6,11-12,16H2,1,4-5H3. The largest absolute Gasteiger partial charge is 0.417 e. The van der Waals surface area contributed by atoms with E-state index in [-0.39, 0.29) is 17.4 Å². The molecule has 154 valence electrons. The van der Waals surface area contributed by atoms with E-state index in [9.17, 15) is 13.2 Å². The molecule has 0 bridgehead atoms. The van der Waals surface area contributed by atoms with Crippen molar-refractivity contribution in [3.8, 4) is 12.3 Å². The summed E-state index contributed by atoms with van der Waals surface area (Å²) >= 11 is 0. The molecule has 0 aliphatic rings. The molecule has 0 nitrogen and oxygen atoms in total. The lowest BCUT2D eigenvalue weighted by Crippen LogP contribution is -2.15. The van der Waals surface area contributed by atoms with E-state index in [0.717, 1.165) is 30.4 Å². The molecule has 0 fully saturated rings. The van der Waals surface area contributed by atoms with Crippen LogP contribution in [0.1, 0.15) is 67.3 Å². The van der Waals surface area contributed by atoms with Crippen LogP contribution in [-0.4, -0.2) is 0 Å². The average molecular weight is 399 g/mol. The van der Waals surface area contributed by atoms with E-state index in [1.807, 2.05) is 13.0 Å². The van der Waals surface area contributed by atoms with Crippen LogP contribution in [0, 0.1) is 18.3 Å². The summed E-state index contributed by atoms with van der Waals surface area (Å²) in [6.07, 6.45) is 4.27. The molecule has 0 spiro atoms. The van der Waals surface area contributed by atoms with Crippen LogP contribution in [0.3, 0.4) is 0 Å². The third kappa shape index (κ3) is 6.26. The predicted octanol–water partition coefficient (Wildman–Crippen LogP) is 7.57. The number of hydrogen-bond donors (Lipinski definition) is 0. The molecule has 0 heterocycles. The first kappa shape index (κ1) is 22.8. The normalized spacial score (nSPS) is 13.6. The molecule has 3 heteroatoms. The van der Waals surface area contributed by atoms with Crippen molar-refractivity contribution in [3.05, 3.63) is 82.4 Å². The number of rotatable bonds is 8. The lowest BCUT2D eigenvalue weighted by Gasteiger charge is -2.25. The highest BCUT2D eigenvalue weighted by atomic mass is 19.4. The van der Waals surface area contributed by atoms with Gasteiger partial charge in [-0.25, -0.2) is 0 Å². The molecule has 0 aliphatic heterocycles. The van der Waals surface area contributed by atoms with Crippen LogP contribution in [-0.2, 0) is 19.0 Å². The Morgan fingerprint density at radius 3 is 2.41 bits per heavy atom. The quantitative estimate of drug-likeness (QED) is 0.318. The second-order valence-electron chi connectivity index (χ2n) is 7.92. The highest BCUT2D eigenvalue weighted by Crippen LogP contribution is 2.37. The number of alkyl halides is 3. The lowest BCUT2D eigenvalue weighted by molar-refractivity contribution is -0.137. The van der Waals surface area contributed by atoms with Crippen molar-refractivity contribution in [2.45, 2.75) is 58.5 Å². The Labute approximate surface area is 172 Å². The maximum Gasteiger partial charge on any atom is 0.417 e. The number of halogens is 3. The van der Waals surface area contributed by atoms with Crippen LogP contribution in [0.4, 0.5) is 13.2 Å². The fourth-order valence-corrected chi connectivity index (χ4v) is 3.61. The average Bonchev–Trinajstić information content (AvgIpc) is 2.69. The Hall–Kier alpha value is -2.47. The molecule has 0 N–H and O–H groups in total. The molecular weight excluding hydrogens is 369 g/mol. The van der Waals surface area contributed by atoms with Gasteiger partial charge in [0.05, 0.1) is 5.56 Å². The fourth-order valence-electron chi connectivity index (χ4n) is 3.61. The maximum absolute atomic E-state index is 13.5.